The van der Waals surface area contributed by atoms with E-state index in [1.165, 1.54) is 4.90 Å². The summed E-state index contributed by atoms with van der Waals surface area (Å²) in [7, 11) is 3.45. The van der Waals surface area contributed by atoms with Crippen molar-refractivity contribution < 1.29 is 9.59 Å². The first-order valence-electron chi connectivity index (χ1n) is 8.98. The Morgan fingerprint density at radius 3 is 2.73 bits per heavy atom. The number of nitrogens with zero attached hydrogens (tertiary/aromatic N) is 5. The third-order valence-electron chi connectivity index (χ3n) is 4.84. The molecule has 0 aliphatic carbocycles. The van der Waals surface area contributed by atoms with Crippen LogP contribution >= 0.6 is 0 Å². The lowest BCUT2D eigenvalue weighted by molar-refractivity contribution is 0.0695. The van der Waals surface area contributed by atoms with Gasteiger partial charge in [0.25, 0.3) is 11.8 Å². The van der Waals surface area contributed by atoms with Crippen LogP contribution in [0.3, 0.4) is 0 Å². The highest BCUT2D eigenvalue weighted by atomic mass is 16.2. The number of hydrogen-bond acceptors (Lipinski definition) is 4. The van der Waals surface area contributed by atoms with Crippen molar-refractivity contribution in [3.8, 4) is 0 Å². The number of pyridine rings is 1. The molecule has 26 heavy (non-hydrogen) atoms. The van der Waals surface area contributed by atoms with Crippen LogP contribution < -0.4 is 0 Å². The zero-order valence-corrected chi connectivity index (χ0v) is 15.6. The maximum atomic E-state index is 12.8. The molecule has 1 fully saturated rings. The third-order valence-corrected chi connectivity index (χ3v) is 4.84. The van der Waals surface area contributed by atoms with Gasteiger partial charge in [-0.1, -0.05) is 0 Å². The normalized spacial score (nSPS) is 17.2. The summed E-state index contributed by atoms with van der Waals surface area (Å²) in [6.45, 7) is 4.11. The molecule has 2 amide bonds. The zero-order chi connectivity index (χ0) is 18.7. The fourth-order valence-corrected chi connectivity index (χ4v) is 3.35. The molecule has 0 spiro atoms. The van der Waals surface area contributed by atoms with Crippen LogP contribution in [-0.2, 0) is 6.54 Å². The Balaban J connectivity index is 1.72. The van der Waals surface area contributed by atoms with Crippen LogP contribution in [0.5, 0.6) is 0 Å². The molecule has 1 aliphatic rings. The van der Waals surface area contributed by atoms with Gasteiger partial charge in [0.1, 0.15) is 5.69 Å². The SMILES string of the molecule is CCn1cncc1C(=O)N1CCC[C@@H](c2ccc(C(=O)N(C)C)cn2)C1. The minimum Gasteiger partial charge on any atom is -0.345 e. The molecular weight excluding hydrogens is 330 g/mol. The molecule has 138 valence electrons. The fourth-order valence-electron chi connectivity index (χ4n) is 3.35. The van der Waals surface area contributed by atoms with E-state index in [4.69, 9.17) is 0 Å². The average Bonchev–Trinajstić information content (AvgIpc) is 3.15. The van der Waals surface area contributed by atoms with Crippen molar-refractivity contribution in [1.29, 1.82) is 0 Å². The first kappa shape index (κ1) is 18.1. The van der Waals surface area contributed by atoms with Gasteiger partial charge in [-0.05, 0) is 31.9 Å². The number of piperidine rings is 1. The lowest BCUT2D eigenvalue weighted by Crippen LogP contribution is -2.40. The van der Waals surface area contributed by atoms with Crippen LogP contribution in [-0.4, -0.2) is 63.3 Å². The molecule has 0 aromatic carbocycles. The Hall–Kier alpha value is -2.70. The summed E-state index contributed by atoms with van der Waals surface area (Å²) in [4.78, 5) is 36.8. The van der Waals surface area contributed by atoms with Gasteiger partial charge in [-0.2, -0.15) is 0 Å². The van der Waals surface area contributed by atoms with Crippen molar-refractivity contribution in [3.63, 3.8) is 0 Å². The van der Waals surface area contributed by atoms with Crippen molar-refractivity contribution in [2.24, 2.45) is 0 Å². The third kappa shape index (κ3) is 3.61. The summed E-state index contributed by atoms with van der Waals surface area (Å²) in [6.07, 6.45) is 6.89. The van der Waals surface area contributed by atoms with Gasteiger partial charge < -0.3 is 14.4 Å². The molecule has 1 atom stereocenters. The monoisotopic (exact) mass is 355 g/mol. The van der Waals surface area contributed by atoms with Gasteiger partial charge in [0.15, 0.2) is 0 Å². The van der Waals surface area contributed by atoms with E-state index in [2.05, 4.69) is 9.97 Å². The number of carbonyl (C=O) groups excluding carboxylic acids is 2. The van der Waals surface area contributed by atoms with E-state index in [1.807, 2.05) is 28.5 Å². The van der Waals surface area contributed by atoms with Crippen molar-refractivity contribution in [2.75, 3.05) is 27.2 Å². The molecule has 0 saturated carbocycles. The molecule has 0 N–H and O–H groups in total. The molecule has 3 heterocycles. The highest BCUT2D eigenvalue weighted by molar-refractivity contribution is 5.93. The van der Waals surface area contributed by atoms with E-state index in [9.17, 15) is 9.59 Å². The van der Waals surface area contributed by atoms with E-state index in [0.717, 1.165) is 31.6 Å². The highest BCUT2D eigenvalue weighted by Crippen LogP contribution is 2.26. The number of hydrogen-bond donors (Lipinski definition) is 0. The van der Waals surface area contributed by atoms with Gasteiger partial charge >= 0.3 is 0 Å². The molecule has 1 aliphatic heterocycles. The quantitative estimate of drug-likeness (QED) is 0.841. The predicted molar refractivity (Wildman–Crippen MR) is 98.0 cm³/mol. The van der Waals surface area contributed by atoms with E-state index in [1.54, 1.807) is 32.8 Å². The van der Waals surface area contributed by atoms with Crippen molar-refractivity contribution in [1.82, 2.24) is 24.3 Å². The minimum atomic E-state index is -0.0580. The molecule has 3 rings (SSSR count). The molecule has 2 aromatic rings. The maximum Gasteiger partial charge on any atom is 0.272 e. The maximum absolute atomic E-state index is 12.8. The molecular formula is C19H25N5O2. The standard InChI is InChI=1S/C19H25N5O2/c1-4-23-13-20-11-17(23)19(26)24-9-5-6-15(12-24)16-8-7-14(10-21-16)18(25)22(2)3/h7-8,10-11,13,15H,4-6,9,12H2,1-3H3/t15-/m1/s1. The van der Waals surface area contributed by atoms with Crippen LogP contribution in [0.15, 0.2) is 30.9 Å². The number of amides is 2. The first-order chi connectivity index (χ1) is 12.5. The van der Waals surface area contributed by atoms with Gasteiger partial charge in [-0.25, -0.2) is 4.98 Å². The Morgan fingerprint density at radius 2 is 2.08 bits per heavy atom. The Labute approximate surface area is 153 Å². The lowest BCUT2D eigenvalue weighted by atomic mass is 9.93. The second-order valence-electron chi connectivity index (χ2n) is 6.83. The lowest BCUT2D eigenvalue weighted by Gasteiger charge is -2.32. The van der Waals surface area contributed by atoms with Crippen LogP contribution in [0.2, 0.25) is 0 Å². The predicted octanol–water partition coefficient (Wildman–Crippen LogP) is 2.02. The Bertz CT molecular complexity index is 781. The van der Waals surface area contributed by atoms with Crippen molar-refractivity contribution in [3.05, 3.63) is 47.8 Å². The summed E-state index contributed by atoms with van der Waals surface area (Å²) in [6, 6.07) is 3.73. The van der Waals surface area contributed by atoms with E-state index in [-0.39, 0.29) is 17.7 Å². The van der Waals surface area contributed by atoms with Crippen LogP contribution in [0.4, 0.5) is 0 Å². The first-order valence-corrected chi connectivity index (χ1v) is 8.98. The van der Waals surface area contributed by atoms with Gasteiger partial charge in [-0.3, -0.25) is 14.6 Å². The van der Waals surface area contributed by atoms with Crippen molar-refractivity contribution >= 4 is 11.8 Å². The van der Waals surface area contributed by atoms with Gasteiger partial charge in [-0.15, -0.1) is 0 Å². The van der Waals surface area contributed by atoms with E-state index in [0.29, 0.717) is 17.8 Å². The van der Waals surface area contributed by atoms with Crippen LogP contribution in [0, 0.1) is 0 Å². The summed E-state index contributed by atoms with van der Waals surface area (Å²) in [5.41, 5.74) is 2.14. The highest BCUT2D eigenvalue weighted by Gasteiger charge is 2.27. The number of aryl methyl sites for hydroxylation is 1. The number of carbonyl (C=O) groups is 2. The molecule has 0 unspecified atom stereocenters. The second-order valence-corrected chi connectivity index (χ2v) is 6.83. The van der Waals surface area contributed by atoms with Crippen molar-refractivity contribution in [2.45, 2.75) is 32.2 Å². The van der Waals surface area contributed by atoms with E-state index >= 15 is 0 Å². The number of likely N-dealkylation sites (tertiary alicyclic amines) is 1. The van der Waals surface area contributed by atoms with Gasteiger partial charge in [0.2, 0.25) is 0 Å². The van der Waals surface area contributed by atoms with Gasteiger partial charge in [0, 0.05) is 51.5 Å². The molecule has 0 bridgehead atoms. The molecule has 7 heteroatoms. The number of imidazole rings is 1. The molecule has 0 radical (unpaired) electrons. The molecule has 2 aromatic heterocycles. The van der Waals surface area contributed by atoms with Crippen LogP contribution in [0.25, 0.3) is 0 Å². The summed E-state index contributed by atoms with van der Waals surface area (Å²) in [5, 5.41) is 0. The Kier molecular flexibility index (Phi) is 5.35. The Morgan fingerprint density at radius 1 is 1.27 bits per heavy atom. The largest absolute Gasteiger partial charge is 0.345 e. The molecule has 1 saturated heterocycles. The smallest absolute Gasteiger partial charge is 0.272 e. The zero-order valence-electron chi connectivity index (χ0n) is 15.6. The number of rotatable bonds is 4. The van der Waals surface area contributed by atoms with Crippen LogP contribution in [0.1, 0.15) is 52.2 Å². The molecule has 7 nitrogen and oxygen atoms in total. The summed E-state index contributed by atoms with van der Waals surface area (Å²) in [5.74, 6) is 0.153. The fraction of sp³-hybridized carbons (Fsp3) is 0.474. The average molecular weight is 355 g/mol. The number of aromatic nitrogens is 3. The summed E-state index contributed by atoms with van der Waals surface area (Å²) < 4.78 is 1.87. The second kappa shape index (κ2) is 7.68. The van der Waals surface area contributed by atoms with Gasteiger partial charge in [0.05, 0.1) is 18.1 Å². The minimum absolute atomic E-state index is 0.0217. The van der Waals surface area contributed by atoms with E-state index < -0.39 is 0 Å². The summed E-state index contributed by atoms with van der Waals surface area (Å²) >= 11 is 0. The topological polar surface area (TPSA) is 71.3 Å².